The monoisotopic (exact) mass is 1230 g/mol. The van der Waals surface area contributed by atoms with Crippen LogP contribution in [0.3, 0.4) is 0 Å². The van der Waals surface area contributed by atoms with Crippen molar-refractivity contribution in [2.75, 3.05) is 27.2 Å². The van der Waals surface area contributed by atoms with Gasteiger partial charge in [-0.1, -0.05) is 110 Å². The van der Waals surface area contributed by atoms with Crippen molar-refractivity contribution < 1.29 is 67.4 Å². The molecule has 484 valence electrons. The summed E-state index contributed by atoms with van der Waals surface area (Å²) >= 11 is 0. The zero-order chi connectivity index (χ0) is 66.2. The number of hydrogen-bond acceptors (Lipinski definition) is 14. The van der Waals surface area contributed by atoms with E-state index in [2.05, 4.69) is 21.3 Å². The molecule has 3 heterocycles. The molecule has 0 saturated carbocycles. The molecule has 0 radical (unpaired) electrons. The minimum Gasteiger partial charge on any atom is -0.481 e. The number of carboxylic acid groups (broad SMARTS) is 1. The topological polar surface area (TPSA) is 323 Å². The minimum atomic E-state index is -1.39. The molecule has 8 amide bonds. The molecule has 1 aromatic heterocycles. The number of primary amides is 1. The average Bonchev–Trinajstić information content (AvgIpc) is 2.50. The van der Waals surface area contributed by atoms with E-state index in [4.69, 9.17) is 10.5 Å². The van der Waals surface area contributed by atoms with Crippen LogP contribution >= 0.6 is 0 Å². The lowest BCUT2D eigenvalue weighted by atomic mass is 9.76. The fourth-order valence-electron chi connectivity index (χ4n) is 11.5. The summed E-state index contributed by atoms with van der Waals surface area (Å²) in [6.07, 6.45) is 7.09. The number of likely N-dealkylation sites (tertiary alicyclic amines) is 1. The second kappa shape index (κ2) is 31.7. The molecule has 2 aliphatic heterocycles. The van der Waals surface area contributed by atoms with Gasteiger partial charge in [-0.3, -0.25) is 57.6 Å². The normalized spacial score (nSPS) is 16.6. The highest BCUT2D eigenvalue weighted by Gasteiger charge is 2.43. The largest absolute Gasteiger partial charge is 0.481 e. The van der Waals surface area contributed by atoms with Crippen molar-refractivity contribution in [2.24, 2.45) is 30.0 Å². The Kier molecular flexibility index (Phi) is 25.4. The second-order valence-electron chi connectivity index (χ2n) is 25.5. The van der Waals surface area contributed by atoms with E-state index in [1.165, 1.54) is 35.8 Å². The van der Waals surface area contributed by atoms with Gasteiger partial charge in [-0.05, 0) is 80.2 Å². The number of benzene rings is 2. The lowest BCUT2D eigenvalue weighted by molar-refractivity contribution is -0.149. The Labute approximate surface area is 521 Å². The number of rotatable bonds is 33. The van der Waals surface area contributed by atoms with E-state index in [1.54, 1.807) is 44.4 Å². The summed E-state index contributed by atoms with van der Waals surface area (Å²) in [6.45, 7) is 16.6. The number of ether oxygens (including phenoxy) is 1. The molecule has 1 fully saturated rings. The second-order valence-corrected chi connectivity index (χ2v) is 25.5. The van der Waals surface area contributed by atoms with Crippen molar-refractivity contribution in [2.45, 2.75) is 181 Å². The van der Waals surface area contributed by atoms with Crippen molar-refractivity contribution in [3.8, 4) is 0 Å². The maximum absolute atomic E-state index is 14.6. The number of esters is 1. The number of imide groups is 1. The predicted octanol–water partition coefficient (Wildman–Crippen LogP) is 4.64. The number of fused-ring (bicyclic) bond motifs is 1. The van der Waals surface area contributed by atoms with Crippen LogP contribution in [0.1, 0.15) is 143 Å². The molecule has 2 aromatic carbocycles. The highest BCUT2D eigenvalue weighted by Crippen LogP contribution is 2.35. The summed E-state index contributed by atoms with van der Waals surface area (Å²) in [5.41, 5.74) is 7.02. The van der Waals surface area contributed by atoms with Crippen LogP contribution in [-0.4, -0.2) is 159 Å². The first kappa shape index (κ1) is 71.4. The lowest BCUT2D eigenvalue weighted by Gasteiger charge is -2.39. The van der Waals surface area contributed by atoms with Gasteiger partial charge in [0.25, 0.3) is 11.8 Å². The van der Waals surface area contributed by atoms with E-state index in [0.717, 1.165) is 21.4 Å². The van der Waals surface area contributed by atoms with Crippen molar-refractivity contribution in [1.82, 2.24) is 40.5 Å². The summed E-state index contributed by atoms with van der Waals surface area (Å²) in [7, 11) is 5.25. The number of nitrogens with zero attached hydrogens (tertiary/aromatic N) is 4. The van der Waals surface area contributed by atoms with Crippen LogP contribution in [0.2, 0.25) is 0 Å². The molecule has 0 unspecified atom stereocenters. The Hall–Kier alpha value is -8.34. The first-order chi connectivity index (χ1) is 41.8. The zero-order valence-corrected chi connectivity index (χ0v) is 53.6. The Morgan fingerprint density at radius 2 is 1.45 bits per heavy atom. The summed E-state index contributed by atoms with van der Waals surface area (Å²) in [6, 6.07) is 8.37. The van der Waals surface area contributed by atoms with Gasteiger partial charge < -0.3 is 51.2 Å². The van der Waals surface area contributed by atoms with Gasteiger partial charge in [0.05, 0.1) is 30.6 Å². The molecule has 23 heteroatoms. The van der Waals surface area contributed by atoms with E-state index >= 15 is 0 Å². The zero-order valence-electron chi connectivity index (χ0n) is 53.6. The average molecular weight is 1230 g/mol. The lowest BCUT2D eigenvalue weighted by Crippen LogP contribution is -2.61. The van der Waals surface area contributed by atoms with Gasteiger partial charge in [-0.15, -0.1) is 0 Å². The van der Waals surface area contributed by atoms with E-state index in [1.807, 2.05) is 90.5 Å². The maximum Gasteiger partial charge on any atom is 0.328 e. The van der Waals surface area contributed by atoms with Gasteiger partial charge in [0.1, 0.15) is 18.7 Å². The number of carboxylic acids is 1. The van der Waals surface area contributed by atoms with Gasteiger partial charge in [0.15, 0.2) is 11.6 Å². The van der Waals surface area contributed by atoms with E-state index in [0.29, 0.717) is 49.8 Å². The standard InChI is InChI=1S/C66H91N9O14/c1-39(2)50(73(12)63(87)59(65(5,6)7)71-62(86)58(68-10)66(8,9)45-37-72(11)48-20-16-15-19-44(45)48)33-40(3)60(84)69-46(27-30-57(82)83)64(88)89-38-43-25-23-42(24-26-43)35-51(76)47(36-53(67)78)70-61(85)41(4)34-52(77)49-21-18-32-74(49)54(79)22-14-13-17-31-75-55(80)28-29-56(75)81/h15-16,19-20,23-26,28-29,33,37,39,41,46-47,49-50,58-59,68H,13-14,17-18,21-22,27,30-32,34-36,38H2,1-12H3,(H2,67,78)(H,69,84)(H,70,85)(H,71,86)(H,82,83)/b40-33+/t41-,46+,47+,49+,50-,58-,59-/m1/s1. The highest BCUT2D eigenvalue weighted by atomic mass is 16.5. The number of unbranched alkanes of at least 4 members (excludes halogenated alkanes) is 2. The quantitative estimate of drug-likeness (QED) is 0.0209. The number of Topliss-reactive ketones (excluding diaryl/α,β-unsaturated/α-hetero) is 2. The summed E-state index contributed by atoms with van der Waals surface area (Å²) in [5.74, 6) is -8.12. The fraction of sp³-hybridized carbons (Fsp3) is 0.545. The van der Waals surface area contributed by atoms with Crippen molar-refractivity contribution in [1.29, 1.82) is 0 Å². The van der Waals surface area contributed by atoms with Crippen LogP contribution in [0.25, 0.3) is 10.9 Å². The van der Waals surface area contributed by atoms with Gasteiger partial charge in [-0.25, -0.2) is 4.79 Å². The Morgan fingerprint density at radius 1 is 0.809 bits per heavy atom. The molecule has 5 rings (SSSR count). The molecule has 0 spiro atoms. The molecule has 7 atom stereocenters. The Balaban J connectivity index is 1.15. The van der Waals surface area contributed by atoms with Crippen molar-refractivity contribution in [3.05, 3.63) is 95.2 Å². The van der Waals surface area contributed by atoms with E-state index < -0.39 is 107 Å². The predicted molar refractivity (Wildman–Crippen MR) is 333 cm³/mol. The van der Waals surface area contributed by atoms with Gasteiger partial charge in [0.2, 0.25) is 35.4 Å². The summed E-state index contributed by atoms with van der Waals surface area (Å²) in [4.78, 5) is 162. The van der Waals surface area contributed by atoms with Crippen molar-refractivity contribution >= 4 is 81.7 Å². The number of aryl methyl sites for hydroxylation is 1. The molecular formula is C66H91N9O14. The summed E-state index contributed by atoms with van der Waals surface area (Å²) in [5, 5.41) is 22.0. The molecule has 3 aromatic rings. The molecule has 0 aliphatic carbocycles. The van der Waals surface area contributed by atoms with E-state index in [-0.39, 0.29) is 79.7 Å². The van der Waals surface area contributed by atoms with Crippen LogP contribution < -0.4 is 27.0 Å². The number of nitrogens with two attached hydrogens (primary N) is 1. The first-order valence-corrected chi connectivity index (χ1v) is 30.5. The number of ketones is 2. The molecule has 1 saturated heterocycles. The van der Waals surface area contributed by atoms with Crippen LogP contribution in [0.5, 0.6) is 0 Å². The number of carbonyl (C=O) groups excluding carboxylic acids is 11. The Bertz CT molecular complexity index is 3170. The fourth-order valence-corrected chi connectivity index (χ4v) is 11.5. The number of carbonyl (C=O) groups is 12. The highest BCUT2D eigenvalue weighted by molar-refractivity contribution is 6.13. The molecule has 7 N–H and O–H groups in total. The van der Waals surface area contributed by atoms with Crippen LogP contribution in [0, 0.1) is 17.3 Å². The third-order valence-electron chi connectivity index (χ3n) is 16.7. The third-order valence-corrected chi connectivity index (χ3v) is 16.7. The maximum atomic E-state index is 14.6. The van der Waals surface area contributed by atoms with Crippen LogP contribution in [0.15, 0.2) is 78.5 Å². The third kappa shape index (κ3) is 19.3. The van der Waals surface area contributed by atoms with Gasteiger partial charge in [-0.2, -0.15) is 0 Å². The van der Waals surface area contributed by atoms with Crippen molar-refractivity contribution in [3.63, 3.8) is 0 Å². The Morgan fingerprint density at radius 3 is 2.06 bits per heavy atom. The minimum absolute atomic E-state index is 0.127. The summed E-state index contributed by atoms with van der Waals surface area (Å²) < 4.78 is 7.59. The van der Waals surface area contributed by atoms with Gasteiger partial charge >= 0.3 is 11.9 Å². The first-order valence-electron chi connectivity index (χ1n) is 30.5. The molecular weight excluding hydrogens is 1140 g/mol. The molecule has 0 bridgehead atoms. The van der Waals surface area contributed by atoms with Crippen LogP contribution in [0.4, 0.5) is 0 Å². The number of para-hydroxylation sites is 1. The SMILES string of the molecule is CN[C@H](C(=O)N[C@H](C(=O)N(C)[C@H](/C=C(\C)C(=O)N[C@@H](CCC(=O)O)C(=O)OCc1ccc(CC(=O)[C@H](CC(N)=O)NC(=O)[C@H](C)CC(=O)[C@@H]2CCCN2C(=O)CCCCCN2C(=O)C=CC2=O)cc1)C(C)C)C(C)(C)C)C(C)(C)c1cn(C)c2ccccc12. The smallest absolute Gasteiger partial charge is 0.328 e. The molecule has 23 nitrogen and oxygen atoms in total. The van der Waals surface area contributed by atoms with Gasteiger partial charge in [0, 0.05) is 99.0 Å². The van der Waals surface area contributed by atoms with E-state index in [9.17, 15) is 62.6 Å². The number of hydrogen-bond donors (Lipinski definition) is 6. The van der Waals surface area contributed by atoms with Crippen LogP contribution in [-0.2, 0) is 87.8 Å². The number of aromatic nitrogens is 1. The number of aliphatic carboxylic acids is 1. The number of likely N-dealkylation sites (N-methyl/N-ethyl adjacent to an activating group) is 2. The number of amides is 8. The number of nitrogens with one attached hydrogen (secondary N) is 4. The molecule has 2 aliphatic rings. The molecule has 89 heavy (non-hydrogen) atoms.